The molecule has 46 valence electrons. The van der Waals surface area contributed by atoms with Crippen LogP contribution in [-0.4, -0.2) is 25.6 Å². The van der Waals surface area contributed by atoms with Gasteiger partial charge in [-0.15, -0.1) is 0 Å². The van der Waals surface area contributed by atoms with E-state index in [1.54, 1.807) is 0 Å². The first-order chi connectivity index (χ1) is 3.93. The van der Waals surface area contributed by atoms with Crippen LogP contribution in [0.2, 0.25) is 0 Å². The number of hydrogen-bond acceptors (Lipinski definition) is 4. The minimum absolute atomic E-state index is 0.573. The third-order valence-electron chi connectivity index (χ3n) is 0.906. The highest BCUT2D eigenvalue weighted by molar-refractivity contribution is 7.78. The van der Waals surface area contributed by atoms with Gasteiger partial charge in [0.1, 0.15) is 12.4 Å². The van der Waals surface area contributed by atoms with E-state index in [-0.39, 0.29) is 0 Å². The van der Waals surface area contributed by atoms with Crippen LogP contribution in [0.25, 0.3) is 0 Å². The van der Waals surface area contributed by atoms with Crippen molar-refractivity contribution in [1.29, 1.82) is 0 Å². The number of hydrogen-bond donors (Lipinski definition) is 2. The SMILES string of the molecule is SNC1=NCCOC1. The van der Waals surface area contributed by atoms with Gasteiger partial charge in [-0.1, -0.05) is 12.8 Å². The van der Waals surface area contributed by atoms with Crippen molar-refractivity contribution in [3.8, 4) is 0 Å². The zero-order valence-electron chi connectivity index (χ0n) is 4.42. The van der Waals surface area contributed by atoms with Crippen LogP contribution >= 0.6 is 12.8 Å². The summed E-state index contributed by atoms with van der Waals surface area (Å²) in [5.74, 6) is 0.819. The molecule has 1 N–H and O–H groups in total. The van der Waals surface area contributed by atoms with Crippen LogP contribution in [0.4, 0.5) is 0 Å². The van der Waals surface area contributed by atoms with Gasteiger partial charge in [-0.25, -0.2) is 0 Å². The number of ether oxygens (including phenoxy) is 1. The molecule has 1 aliphatic heterocycles. The van der Waals surface area contributed by atoms with Gasteiger partial charge in [0.2, 0.25) is 0 Å². The Hall–Kier alpha value is -0.220. The molecule has 0 aromatic heterocycles. The maximum absolute atomic E-state index is 5.03. The first-order valence-corrected chi connectivity index (χ1v) is 2.89. The van der Waals surface area contributed by atoms with E-state index in [9.17, 15) is 0 Å². The normalized spacial score (nSPS) is 19.9. The average molecular weight is 132 g/mol. The van der Waals surface area contributed by atoms with Gasteiger partial charge in [-0.3, -0.25) is 4.99 Å². The van der Waals surface area contributed by atoms with Gasteiger partial charge in [0.25, 0.3) is 0 Å². The third-order valence-corrected chi connectivity index (χ3v) is 1.16. The lowest BCUT2D eigenvalue weighted by atomic mass is 10.5. The minimum atomic E-state index is 0.573. The predicted molar refractivity (Wildman–Crippen MR) is 35.2 cm³/mol. The maximum atomic E-state index is 5.03. The molecule has 0 saturated carbocycles. The van der Waals surface area contributed by atoms with E-state index in [1.807, 2.05) is 0 Å². The molecule has 8 heavy (non-hydrogen) atoms. The first-order valence-electron chi connectivity index (χ1n) is 2.44. The van der Waals surface area contributed by atoms with Crippen molar-refractivity contribution >= 4 is 18.7 Å². The molecule has 0 atom stereocenters. The van der Waals surface area contributed by atoms with Crippen molar-refractivity contribution in [2.45, 2.75) is 0 Å². The van der Waals surface area contributed by atoms with E-state index in [4.69, 9.17) is 4.74 Å². The molecule has 0 aliphatic carbocycles. The molecule has 1 heterocycles. The van der Waals surface area contributed by atoms with Crippen molar-refractivity contribution < 1.29 is 4.74 Å². The zero-order chi connectivity index (χ0) is 5.82. The van der Waals surface area contributed by atoms with Crippen LogP contribution in [-0.2, 0) is 4.74 Å². The average Bonchev–Trinajstić information content (AvgIpc) is 1.90. The second-order valence-electron chi connectivity index (χ2n) is 1.49. The molecule has 1 rings (SSSR count). The summed E-state index contributed by atoms with van der Waals surface area (Å²) < 4.78 is 7.65. The van der Waals surface area contributed by atoms with Crippen LogP contribution in [0.3, 0.4) is 0 Å². The van der Waals surface area contributed by atoms with E-state index >= 15 is 0 Å². The van der Waals surface area contributed by atoms with Gasteiger partial charge in [0, 0.05) is 0 Å². The zero-order valence-corrected chi connectivity index (χ0v) is 5.32. The highest BCUT2D eigenvalue weighted by atomic mass is 32.1. The Bertz CT molecular complexity index is 104. The Morgan fingerprint density at radius 1 is 1.75 bits per heavy atom. The number of aliphatic imine (C=N–C) groups is 1. The van der Waals surface area contributed by atoms with Crippen molar-refractivity contribution in [2.75, 3.05) is 19.8 Å². The largest absolute Gasteiger partial charge is 0.372 e. The van der Waals surface area contributed by atoms with E-state index < -0.39 is 0 Å². The smallest absolute Gasteiger partial charge is 0.132 e. The van der Waals surface area contributed by atoms with Crippen molar-refractivity contribution in [3.05, 3.63) is 0 Å². The van der Waals surface area contributed by atoms with Crippen molar-refractivity contribution in [2.24, 2.45) is 4.99 Å². The summed E-state index contributed by atoms with van der Waals surface area (Å²) >= 11 is 3.80. The van der Waals surface area contributed by atoms with Gasteiger partial charge in [0.05, 0.1) is 13.2 Å². The van der Waals surface area contributed by atoms with Gasteiger partial charge in [0.15, 0.2) is 0 Å². The third kappa shape index (κ3) is 1.38. The Morgan fingerprint density at radius 3 is 3.00 bits per heavy atom. The predicted octanol–water partition coefficient (Wildman–Crippen LogP) is -0.151. The number of rotatable bonds is 0. The summed E-state index contributed by atoms with van der Waals surface area (Å²) in [4.78, 5) is 4.05. The van der Waals surface area contributed by atoms with Gasteiger partial charge in [-0.05, 0) is 0 Å². The second-order valence-corrected chi connectivity index (χ2v) is 1.72. The monoisotopic (exact) mass is 132 g/mol. The van der Waals surface area contributed by atoms with E-state index in [1.165, 1.54) is 0 Å². The minimum Gasteiger partial charge on any atom is -0.372 e. The van der Waals surface area contributed by atoms with Gasteiger partial charge < -0.3 is 9.46 Å². The van der Waals surface area contributed by atoms with Crippen molar-refractivity contribution in [1.82, 2.24) is 4.72 Å². The quantitative estimate of drug-likeness (QED) is 0.449. The molecule has 1 aliphatic rings. The van der Waals surface area contributed by atoms with Gasteiger partial charge in [-0.2, -0.15) is 0 Å². The molecule has 0 amide bonds. The van der Waals surface area contributed by atoms with Gasteiger partial charge >= 0.3 is 0 Å². The van der Waals surface area contributed by atoms with Crippen LogP contribution in [0.5, 0.6) is 0 Å². The topological polar surface area (TPSA) is 33.6 Å². The molecule has 3 nitrogen and oxygen atoms in total. The molecule has 0 aromatic rings. The van der Waals surface area contributed by atoms with Crippen LogP contribution in [0, 0.1) is 0 Å². The molecule has 4 heteroatoms. The first kappa shape index (κ1) is 5.91. The summed E-state index contributed by atoms with van der Waals surface area (Å²) in [6.45, 7) is 2.06. The summed E-state index contributed by atoms with van der Waals surface area (Å²) in [7, 11) is 0. The number of amidine groups is 1. The highest BCUT2D eigenvalue weighted by Crippen LogP contribution is 1.88. The van der Waals surface area contributed by atoms with E-state index in [0.29, 0.717) is 6.61 Å². The summed E-state index contributed by atoms with van der Waals surface area (Å²) in [5.41, 5.74) is 0. The molecule has 0 bridgehead atoms. The Balaban J connectivity index is 2.37. The summed E-state index contributed by atoms with van der Waals surface area (Å²) in [5, 5.41) is 0. The Kier molecular flexibility index (Phi) is 2.17. The molecular formula is C4H8N2OS. The molecule has 0 radical (unpaired) electrons. The Labute approximate surface area is 53.7 Å². The number of nitrogens with one attached hydrogen (secondary N) is 1. The number of nitrogens with zero attached hydrogens (tertiary/aromatic N) is 1. The van der Waals surface area contributed by atoms with Crippen molar-refractivity contribution in [3.63, 3.8) is 0 Å². The fourth-order valence-electron chi connectivity index (χ4n) is 0.527. The fraction of sp³-hybridized carbons (Fsp3) is 0.750. The lowest BCUT2D eigenvalue weighted by Gasteiger charge is -2.10. The van der Waals surface area contributed by atoms with Crippen LogP contribution in [0.15, 0.2) is 4.99 Å². The molecule has 0 aromatic carbocycles. The molecule has 0 fully saturated rings. The fourth-order valence-corrected chi connectivity index (χ4v) is 0.663. The van der Waals surface area contributed by atoms with E-state index in [0.717, 1.165) is 19.0 Å². The number of thiol groups is 1. The lowest BCUT2D eigenvalue weighted by molar-refractivity contribution is 0.169. The summed E-state index contributed by atoms with van der Waals surface area (Å²) in [6, 6.07) is 0. The second kappa shape index (κ2) is 2.94. The summed E-state index contributed by atoms with van der Waals surface area (Å²) in [6.07, 6.45) is 0. The van der Waals surface area contributed by atoms with Crippen LogP contribution < -0.4 is 4.72 Å². The standard InChI is InChI=1S/C4H8N2OS/c8-6-4-3-7-2-1-5-4/h8H,1-3H2,(H,5,6). The molecule has 0 saturated heterocycles. The van der Waals surface area contributed by atoms with E-state index in [2.05, 4.69) is 22.5 Å². The molecule has 0 spiro atoms. The molecular weight excluding hydrogens is 124 g/mol. The maximum Gasteiger partial charge on any atom is 0.132 e. The lowest BCUT2D eigenvalue weighted by Crippen LogP contribution is -2.25. The molecule has 0 unspecified atom stereocenters. The Morgan fingerprint density at radius 2 is 2.62 bits per heavy atom. The highest BCUT2D eigenvalue weighted by Gasteiger charge is 2.00. The van der Waals surface area contributed by atoms with Crippen LogP contribution in [0.1, 0.15) is 0 Å².